The van der Waals surface area contributed by atoms with Crippen molar-refractivity contribution in [1.82, 2.24) is 19.9 Å². The van der Waals surface area contributed by atoms with Gasteiger partial charge in [-0.3, -0.25) is 9.80 Å². The highest BCUT2D eigenvalue weighted by atomic mass is 16.5. The summed E-state index contributed by atoms with van der Waals surface area (Å²) in [6.07, 6.45) is 4.11. The van der Waals surface area contributed by atoms with Crippen LogP contribution in [0.15, 0.2) is 4.52 Å². The molecule has 0 amide bonds. The van der Waals surface area contributed by atoms with E-state index in [2.05, 4.69) is 19.9 Å². The molecule has 5 heteroatoms. The van der Waals surface area contributed by atoms with E-state index in [9.17, 15) is 0 Å². The lowest BCUT2D eigenvalue weighted by Crippen LogP contribution is -2.54. The fourth-order valence-corrected chi connectivity index (χ4v) is 2.97. The van der Waals surface area contributed by atoms with Crippen LogP contribution in [0.2, 0.25) is 0 Å². The Hall–Kier alpha value is -0.940. The molecule has 5 nitrogen and oxygen atoms in total. The van der Waals surface area contributed by atoms with Gasteiger partial charge < -0.3 is 4.52 Å². The molecular formula is C12H20N4O. The number of piperazine rings is 1. The van der Waals surface area contributed by atoms with E-state index in [1.54, 1.807) is 0 Å². The topological polar surface area (TPSA) is 45.4 Å². The summed E-state index contributed by atoms with van der Waals surface area (Å²) in [7, 11) is 0. The van der Waals surface area contributed by atoms with Crippen molar-refractivity contribution in [3.63, 3.8) is 0 Å². The summed E-state index contributed by atoms with van der Waals surface area (Å²) in [6, 6.07) is 0.755. The number of hydrogen-bond acceptors (Lipinski definition) is 5. The zero-order chi connectivity index (χ0) is 11.7. The van der Waals surface area contributed by atoms with Gasteiger partial charge in [0.2, 0.25) is 5.89 Å². The normalized spacial score (nSPS) is 27.0. The van der Waals surface area contributed by atoms with Crippen LogP contribution in [-0.2, 0) is 6.54 Å². The quantitative estimate of drug-likeness (QED) is 0.768. The predicted octanol–water partition coefficient (Wildman–Crippen LogP) is 1.05. The first-order valence-corrected chi connectivity index (χ1v) is 6.57. The molecule has 17 heavy (non-hydrogen) atoms. The monoisotopic (exact) mass is 236 g/mol. The van der Waals surface area contributed by atoms with E-state index in [-0.39, 0.29) is 0 Å². The number of nitrogens with zero attached hydrogens (tertiary/aromatic N) is 4. The van der Waals surface area contributed by atoms with Crippen LogP contribution < -0.4 is 0 Å². The van der Waals surface area contributed by atoms with Crippen LogP contribution in [0.5, 0.6) is 0 Å². The number of hydrogen-bond donors (Lipinski definition) is 0. The van der Waals surface area contributed by atoms with Crippen molar-refractivity contribution >= 4 is 0 Å². The van der Waals surface area contributed by atoms with Gasteiger partial charge >= 0.3 is 0 Å². The molecule has 0 N–H and O–H groups in total. The minimum atomic E-state index is 0.663. The van der Waals surface area contributed by atoms with Crippen molar-refractivity contribution in [2.45, 2.75) is 38.8 Å². The van der Waals surface area contributed by atoms with Crippen LogP contribution in [0.3, 0.4) is 0 Å². The standard InChI is InChI=1S/C12H20N4O/c1-10-13-12(14-17-10)9-15-6-7-16-5-3-2-4-11(16)8-15/h11H,2-9H2,1H3. The van der Waals surface area contributed by atoms with E-state index in [0.717, 1.165) is 31.5 Å². The number of fused-ring (bicyclic) bond motifs is 1. The minimum Gasteiger partial charge on any atom is -0.340 e. The number of aromatic nitrogens is 2. The van der Waals surface area contributed by atoms with Crippen molar-refractivity contribution in [2.24, 2.45) is 0 Å². The predicted molar refractivity (Wildman–Crippen MR) is 63.5 cm³/mol. The molecule has 3 heterocycles. The van der Waals surface area contributed by atoms with Gasteiger partial charge in [-0.1, -0.05) is 11.6 Å². The molecule has 1 unspecified atom stereocenters. The molecule has 0 aromatic carbocycles. The fourth-order valence-electron chi connectivity index (χ4n) is 2.97. The average molecular weight is 236 g/mol. The Morgan fingerprint density at radius 1 is 1.29 bits per heavy atom. The second-order valence-electron chi connectivity index (χ2n) is 5.15. The molecule has 1 atom stereocenters. The number of piperidine rings is 1. The van der Waals surface area contributed by atoms with Crippen molar-refractivity contribution in [3.05, 3.63) is 11.7 Å². The molecule has 0 aliphatic carbocycles. The van der Waals surface area contributed by atoms with Crippen LogP contribution in [0.4, 0.5) is 0 Å². The second-order valence-corrected chi connectivity index (χ2v) is 5.15. The highest BCUT2D eigenvalue weighted by Gasteiger charge is 2.29. The molecule has 94 valence electrons. The third-order valence-electron chi connectivity index (χ3n) is 3.86. The molecule has 0 radical (unpaired) electrons. The Labute approximate surface area is 102 Å². The van der Waals surface area contributed by atoms with Crippen molar-refractivity contribution < 1.29 is 4.52 Å². The minimum absolute atomic E-state index is 0.663. The van der Waals surface area contributed by atoms with Crippen LogP contribution in [0.25, 0.3) is 0 Å². The Kier molecular flexibility index (Phi) is 3.11. The van der Waals surface area contributed by atoms with Crippen LogP contribution in [-0.4, -0.2) is 52.2 Å². The van der Waals surface area contributed by atoms with E-state index in [1.807, 2.05) is 6.92 Å². The zero-order valence-corrected chi connectivity index (χ0v) is 10.4. The molecule has 2 fully saturated rings. The Balaban J connectivity index is 1.58. The summed E-state index contributed by atoms with van der Waals surface area (Å²) in [5.41, 5.74) is 0. The Bertz CT molecular complexity index is 378. The average Bonchev–Trinajstić information content (AvgIpc) is 2.75. The van der Waals surface area contributed by atoms with Crippen LogP contribution >= 0.6 is 0 Å². The van der Waals surface area contributed by atoms with Gasteiger partial charge in [-0.25, -0.2) is 0 Å². The van der Waals surface area contributed by atoms with Gasteiger partial charge in [-0.15, -0.1) is 0 Å². The Morgan fingerprint density at radius 3 is 3.06 bits per heavy atom. The van der Waals surface area contributed by atoms with Crippen LogP contribution in [0.1, 0.15) is 31.0 Å². The van der Waals surface area contributed by atoms with E-state index < -0.39 is 0 Å². The summed E-state index contributed by atoms with van der Waals surface area (Å²) in [6.45, 7) is 7.45. The molecular weight excluding hydrogens is 216 g/mol. The lowest BCUT2D eigenvalue weighted by Gasteiger charge is -2.43. The van der Waals surface area contributed by atoms with E-state index in [4.69, 9.17) is 4.52 Å². The summed E-state index contributed by atoms with van der Waals surface area (Å²) in [4.78, 5) is 9.37. The lowest BCUT2D eigenvalue weighted by molar-refractivity contribution is 0.0441. The van der Waals surface area contributed by atoms with Crippen molar-refractivity contribution in [3.8, 4) is 0 Å². The van der Waals surface area contributed by atoms with Crippen molar-refractivity contribution in [2.75, 3.05) is 26.2 Å². The fraction of sp³-hybridized carbons (Fsp3) is 0.833. The molecule has 3 rings (SSSR count). The zero-order valence-electron chi connectivity index (χ0n) is 10.4. The summed E-state index contributed by atoms with van der Waals surface area (Å²) >= 11 is 0. The van der Waals surface area contributed by atoms with E-state index >= 15 is 0 Å². The highest BCUT2D eigenvalue weighted by molar-refractivity contribution is 4.89. The van der Waals surface area contributed by atoms with Crippen molar-refractivity contribution in [1.29, 1.82) is 0 Å². The molecule has 2 aliphatic rings. The molecule has 1 aromatic heterocycles. The second kappa shape index (κ2) is 4.74. The van der Waals surface area contributed by atoms with Gasteiger partial charge in [0, 0.05) is 32.6 Å². The van der Waals surface area contributed by atoms with Crippen LogP contribution in [0, 0.1) is 6.92 Å². The smallest absolute Gasteiger partial charge is 0.223 e. The first-order chi connectivity index (χ1) is 8.31. The molecule has 2 saturated heterocycles. The molecule has 2 aliphatic heterocycles. The van der Waals surface area contributed by atoms with Gasteiger partial charge in [-0.05, 0) is 19.4 Å². The number of rotatable bonds is 2. The molecule has 1 aromatic rings. The lowest BCUT2D eigenvalue weighted by atomic mass is 9.99. The van der Waals surface area contributed by atoms with Gasteiger partial charge in [0.05, 0.1) is 6.54 Å². The largest absolute Gasteiger partial charge is 0.340 e. The summed E-state index contributed by atoms with van der Waals surface area (Å²) < 4.78 is 5.01. The SMILES string of the molecule is Cc1nc(CN2CCN3CCCCC3C2)no1. The summed E-state index contributed by atoms with van der Waals surface area (Å²) in [5, 5.41) is 3.97. The molecule has 0 bridgehead atoms. The number of aryl methyl sites for hydroxylation is 1. The summed E-state index contributed by atoms with van der Waals surface area (Å²) in [5.74, 6) is 1.49. The maximum Gasteiger partial charge on any atom is 0.223 e. The van der Waals surface area contributed by atoms with Gasteiger partial charge in [0.1, 0.15) is 0 Å². The van der Waals surface area contributed by atoms with Gasteiger partial charge in [0.15, 0.2) is 5.82 Å². The first-order valence-electron chi connectivity index (χ1n) is 6.57. The first kappa shape index (κ1) is 11.2. The van der Waals surface area contributed by atoms with Gasteiger partial charge in [-0.2, -0.15) is 4.98 Å². The Morgan fingerprint density at radius 2 is 2.24 bits per heavy atom. The third kappa shape index (κ3) is 2.50. The highest BCUT2D eigenvalue weighted by Crippen LogP contribution is 2.21. The van der Waals surface area contributed by atoms with Gasteiger partial charge in [0.25, 0.3) is 0 Å². The molecule has 0 saturated carbocycles. The van der Waals surface area contributed by atoms with E-state index in [1.165, 1.54) is 32.4 Å². The third-order valence-corrected chi connectivity index (χ3v) is 3.86. The maximum atomic E-state index is 5.01. The molecule has 0 spiro atoms. The maximum absolute atomic E-state index is 5.01. The van der Waals surface area contributed by atoms with E-state index in [0.29, 0.717) is 5.89 Å².